The second-order valence-corrected chi connectivity index (χ2v) is 9.54. The number of benzene rings is 1. The van der Waals surface area contributed by atoms with Gasteiger partial charge in [0, 0.05) is 21.8 Å². The Labute approximate surface area is 191 Å². The molecule has 32 heavy (non-hydrogen) atoms. The molecule has 1 N–H and O–H groups in total. The Bertz CT molecular complexity index is 1150. The van der Waals surface area contributed by atoms with Crippen LogP contribution in [0.5, 0.6) is 0 Å². The van der Waals surface area contributed by atoms with Gasteiger partial charge < -0.3 is 9.88 Å². The molecule has 1 aliphatic heterocycles. The van der Waals surface area contributed by atoms with E-state index in [1.807, 2.05) is 61.7 Å². The number of carbonyl (C=O) groups excluding carboxylic acids is 3. The molecule has 1 aromatic carbocycles. The van der Waals surface area contributed by atoms with Crippen LogP contribution in [0.15, 0.2) is 53.9 Å². The maximum absolute atomic E-state index is 13.1. The third-order valence-corrected chi connectivity index (χ3v) is 7.03. The average molecular weight is 450 g/mol. The van der Waals surface area contributed by atoms with E-state index >= 15 is 0 Å². The normalized spacial score (nSPS) is 18.3. The van der Waals surface area contributed by atoms with Crippen molar-refractivity contribution < 1.29 is 14.4 Å². The standard InChI is InChI=1S/C25H27N3O3S/c1-17-14-21(18(2)27(17)15-20-10-7-13-32-20)22(29)16-28-23(30)25(3,26-24(28)31)12-11-19-8-5-4-6-9-19/h4-10,13-14H,11-12,15-16H2,1-3H3,(H,26,31). The van der Waals surface area contributed by atoms with E-state index in [0.29, 0.717) is 24.9 Å². The maximum Gasteiger partial charge on any atom is 0.325 e. The largest absolute Gasteiger partial charge is 0.343 e. The van der Waals surface area contributed by atoms with Crippen molar-refractivity contribution in [2.75, 3.05) is 6.54 Å². The van der Waals surface area contributed by atoms with Gasteiger partial charge in [0.1, 0.15) is 5.54 Å². The lowest BCUT2D eigenvalue weighted by molar-refractivity contribution is -0.130. The molecule has 0 radical (unpaired) electrons. The van der Waals surface area contributed by atoms with Gasteiger partial charge in [-0.15, -0.1) is 11.3 Å². The number of ketones is 1. The topological polar surface area (TPSA) is 71.4 Å². The third kappa shape index (κ3) is 4.25. The Morgan fingerprint density at radius 3 is 2.53 bits per heavy atom. The van der Waals surface area contributed by atoms with Crippen molar-refractivity contribution in [1.82, 2.24) is 14.8 Å². The second-order valence-electron chi connectivity index (χ2n) is 8.51. The molecule has 1 fully saturated rings. The predicted molar refractivity (Wildman–Crippen MR) is 125 cm³/mol. The molecule has 0 spiro atoms. The fourth-order valence-corrected chi connectivity index (χ4v) is 4.91. The molecule has 4 rings (SSSR count). The summed E-state index contributed by atoms with van der Waals surface area (Å²) in [6, 6.07) is 15.2. The number of Topliss-reactive ketones (excluding diaryl/α,β-unsaturated/α-hetero) is 1. The monoisotopic (exact) mass is 449 g/mol. The molecule has 3 aromatic rings. The smallest absolute Gasteiger partial charge is 0.325 e. The summed E-state index contributed by atoms with van der Waals surface area (Å²) >= 11 is 1.67. The zero-order valence-corrected chi connectivity index (χ0v) is 19.4. The molecule has 7 heteroatoms. The number of carbonyl (C=O) groups is 3. The average Bonchev–Trinajstić information content (AvgIpc) is 3.44. The minimum Gasteiger partial charge on any atom is -0.343 e. The molecule has 1 aliphatic rings. The Kier molecular flexibility index (Phi) is 6.02. The first-order valence-corrected chi connectivity index (χ1v) is 11.6. The molecule has 6 nitrogen and oxygen atoms in total. The molecule has 166 valence electrons. The Morgan fingerprint density at radius 2 is 1.84 bits per heavy atom. The number of aryl methyl sites for hydroxylation is 2. The van der Waals surface area contributed by atoms with Gasteiger partial charge in [0.15, 0.2) is 5.78 Å². The Hall–Kier alpha value is -3.19. The summed E-state index contributed by atoms with van der Waals surface area (Å²) in [5.41, 5.74) is 2.47. The summed E-state index contributed by atoms with van der Waals surface area (Å²) in [5.74, 6) is -0.578. The molecular weight excluding hydrogens is 422 g/mol. The van der Waals surface area contributed by atoms with Crippen LogP contribution < -0.4 is 5.32 Å². The van der Waals surface area contributed by atoms with Crippen LogP contribution in [0.1, 0.15) is 45.5 Å². The Morgan fingerprint density at radius 1 is 1.09 bits per heavy atom. The van der Waals surface area contributed by atoms with E-state index in [4.69, 9.17) is 0 Å². The van der Waals surface area contributed by atoms with Crippen LogP contribution in [-0.4, -0.2) is 39.3 Å². The van der Waals surface area contributed by atoms with Gasteiger partial charge in [0.2, 0.25) is 0 Å². The highest BCUT2D eigenvalue weighted by Gasteiger charge is 2.48. The number of amides is 3. The summed E-state index contributed by atoms with van der Waals surface area (Å²) in [6.45, 7) is 6.04. The molecule has 1 saturated heterocycles. The van der Waals surface area contributed by atoms with E-state index in [1.54, 1.807) is 18.3 Å². The number of urea groups is 1. The maximum atomic E-state index is 13.1. The number of aromatic nitrogens is 1. The molecular formula is C25H27N3O3S. The first-order chi connectivity index (χ1) is 15.3. The minimum atomic E-state index is -1.01. The SMILES string of the molecule is Cc1cc(C(=O)CN2C(=O)NC(C)(CCc3ccccc3)C2=O)c(C)n1Cc1cccs1. The van der Waals surface area contributed by atoms with Gasteiger partial charge in [0.25, 0.3) is 5.91 Å². The third-order valence-electron chi connectivity index (χ3n) is 6.17. The number of imide groups is 1. The highest BCUT2D eigenvalue weighted by atomic mass is 32.1. The van der Waals surface area contributed by atoms with Crippen LogP contribution in [0.4, 0.5) is 4.79 Å². The fourth-order valence-electron chi connectivity index (χ4n) is 4.21. The molecule has 0 bridgehead atoms. The van der Waals surface area contributed by atoms with Gasteiger partial charge in [0.05, 0.1) is 13.1 Å². The zero-order valence-electron chi connectivity index (χ0n) is 18.6. The van der Waals surface area contributed by atoms with Crippen LogP contribution in [0.25, 0.3) is 0 Å². The number of hydrogen-bond acceptors (Lipinski definition) is 4. The summed E-state index contributed by atoms with van der Waals surface area (Å²) in [5, 5.41) is 4.83. The fraction of sp³-hybridized carbons (Fsp3) is 0.320. The number of thiophene rings is 1. The van der Waals surface area contributed by atoms with Gasteiger partial charge in [-0.05, 0) is 56.7 Å². The number of nitrogens with zero attached hydrogens (tertiary/aromatic N) is 2. The van der Waals surface area contributed by atoms with Gasteiger partial charge >= 0.3 is 6.03 Å². The lowest BCUT2D eigenvalue weighted by Crippen LogP contribution is -2.44. The highest BCUT2D eigenvalue weighted by molar-refractivity contribution is 7.09. The van der Waals surface area contributed by atoms with Crippen molar-refractivity contribution in [3.63, 3.8) is 0 Å². The predicted octanol–water partition coefficient (Wildman–Crippen LogP) is 4.34. The molecule has 1 unspecified atom stereocenters. The van der Waals surface area contributed by atoms with Gasteiger partial charge in [-0.3, -0.25) is 14.5 Å². The quantitative estimate of drug-likeness (QED) is 0.411. The summed E-state index contributed by atoms with van der Waals surface area (Å²) in [7, 11) is 0. The van der Waals surface area contributed by atoms with E-state index < -0.39 is 11.6 Å². The van der Waals surface area contributed by atoms with E-state index in [1.165, 1.54) is 4.88 Å². The summed E-state index contributed by atoms with van der Waals surface area (Å²) < 4.78 is 2.09. The van der Waals surface area contributed by atoms with E-state index in [-0.39, 0.29) is 18.2 Å². The zero-order chi connectivity index (χ0) is 22.9. The van der Waals surface area contributed by atoms with Gasteiger partial charge in [-0.1, -0.05) is 36.4 Å². The molecule has 0 aliphatic carbocycles. The van der Waals surface area contributed by atoms with Crippen LogP contribution in [0.2, 0.25) is 0 Å². The molecule has 0 saturated carbocycles. The Balaban J connectivity index is 1.46. The van der Waals surface area contributed by atoms with Crippen LogP contribution in [0.3, 0.4) is 0 Å². The van der Waals surface area contributed by atoms with Crippen molar-refractivity contribution >= 4 is 29.1 Å². The molecule has 2 aromatic heterocycles. The van der Waals surface area contributed by atoms with Crippen LogP contribution >= 0.6 is 11.3 Å². The van der Waals surface area contributed by atoms with Crippen molar-refractivity contribution in [2.24, 2.45) is 0 Å². The van der Waals surface area contributed by atoms with Gasteiger partial charge in [-0.25, -0.2) is 4.79 Å². The molecule has 3 amide bonds. The number of hydrogen-bond donors (Lipinski definition) is 1. The van der Waals surface area contributed by atoms with Crippen LogP contribution in [-0.2, 0) is 17.8 Å². The lowest BCUT2D eigenvalue weighted by atomic mass is 9.93. The van der Waals surface area contributed by atoms with Crippen molar-refractivity contribution in [3.8, 4) is 0 Å². The van der Waals surface area contributed by atoms with Crippen LogP contribution in [0, 0.1) is 13.8 Å². The first-order valence-electron chi connectivity index (χ1n) is 10.7. The van der Waals surface area contributed by atoms with Crippen molar-refractivity contribution in [2.45, 2.75) is 45.7 Å². The summed E-state index contributed by atoms with van der Waals surface area (Å²) in [6.07, 6.45) is 1.14. The van der Waals surface area contributed by atoms with E-state index in [0.717, 1.165) is 21.9 Å². The molecule has 3 heterocycles. The first kappa shape index (κ1) is 22.0. The van der Waals surface area contributed by atoms with Crippen molar-refractivity contribution in [3.05, 3.63) is 81.3 Å². The second kappa shape index (κ2) is 8.74. The molecule has 1 atom stereocenters. The van der Waals surface area contributed by atoms with Gasteiger partial charge in [-0.2, -0.15) is 0 Å². The van der Waals surface area contributed by atoms with E-state index in [9.17, 15) is 14.4 Å². The lowest BCUT2D eigenvalue weighted by Gasteiger charge is -2.21. The summed E-state index contributed by atoms with van der Waals surface area (Å²) in [4.78, 5) is 41.0. The highest BCUT2D eigenvalue weighted by Crippen LogP contribution is 2.25. The van der Waals surface area contributed by atoms with E-state index in [2.05, 4.69) is 16.0 Å². The minimum absolute atomic E-state index is 0.230. The number of nitrogens with one attached hydrogen (secondary N) is 1. The number of rotatable bonds is 8. The van der Waals surface area contributed by atoms with Crippen molar-refractivity contribution in [1.29, 1.82) is 0 Å².